The maximum atomic E-state index is 14.3. The lowest BCUT2D eigenvalue weighted by Gasteiger charge is -2.44. The molecule has 23 heteroatoms. The minimum absolute atomic E-state index is 0.0258. The van der Waals surface area contributed by atoms with Gasteiger partial charge in [-0.2, -0.15) is 26.3 Å². The fourth-order valence-electron chi connectivity index (χ4n) is 14.7. The first-order valence-electron chi connectivity index (χ1n) is 34.3. The molecule has 1 spiro atoms. The number of hydrogen-bond donors (Lipinski definition) is 1. The molecular formula is C76H87F7N8O8. The van der Waals surface area contributed by atoms with Crippen molar-refractivity contribution in [3.63, 3.8) is 0 Å². The highest BCUT2D eigenvalue weighted by Gasteiger charge is 2.50. The molecule has 3 saturated heterocycles. The third-order valence-corrected chi connectivity index (χ3v) is 20.7. The predicted octanol–water partition coefficient (Wildman–Crippen LogP) is 12.9. The van der Waals surface area contributed by atoms with Crippen LogP contribution in [0, 0.1) is 5.82 Å². The summed E-state index contributed by atoms with van der Waals surface area (Å²) in [5.74, 6) is -1.68. The van der Waals surface area contributed by atoms with Gasteiger partial charge in [-0.3, -0.25) is 24.5 Å². The molecule has 6 aromatic rings. The van der Waals surface area contributed by atoms with Gasteiger partial charge in [-0.15, -0.1) is 0 Å². The first-order chi connectivity index (χ1) is 47.4. The molecule has 0 bridgehead atoms. The van der Waals surface area contributed by atoms with E-state index < -0.39 is 64.6 Å². The molecule has 99 heavy (non-hydrogen) atoms. The number of anilines is 2. The topological polar surface area (TPSA) is 148 Å². The number of unbranched alkanes of at least 4 members (excludes halogenated alkanes) is 2. The van der Waals surface area contributed by atoms with Gasteiger partial charge in [0.05, 0.1) is 29.5 Å². The van der Waals surface area contributed by atoms with Crippen LogP contribution in [-0.4, -0.2) is 184 Å². The van der Waals surface area contributed by atoms with Gasteiger partial charge in [0.1, 0.15) is 30.9 Å². The maximum Gasteiger partial charge on any atom is 0.416 e. The maximum absolute atomic E-state index is 14.3. The van der Waals surface area contributed by atoms with Crippen molar-refractivity contribution in [2.45, 2.75) is 113 Å². The van der Waals surface area contributed by atoms with Gasteiger partial charge in [0.2, 0.25) is 11.8 Å². The van der Waals surface area contributed by atoms with E-state index in [0.29, 0.717) is 113 Å². The number of halogens is 7. The molecule has 0 saturated carbocycles. The van der Waals surface area contributed by atoms with Crippen LogP contribution in [0.5, 0.6) is 0 Å². The molecule has 1 aliphatic carbocycles. The van der Waals surface area contributed by atoms with Gasteiger partial charge in [0.15, 0.2) is 0 Å². The van der Waals surface area contributed by atoms with Gasteiger partial charge < -0.3 is 48.5 Å². The second-order valence-electron chi connectivity index (χ2n) is 27.1. The number of amides is 5. The minimum atomic E-state index is -5.15. The average molecular weight is 1370 g/mol. The first-order valence-corrected chi connectivity index (χ1v) is 34.3. The lowest BCUT2D eigenvalue weighted by Crippen LogP contribution is -2.50. The number of alkyl halides is 6. The number of ether oxygens (including phenoxy) is 3. The van der Waals surface area contributed by atoms with Crippen LogP contribution in [0.3, 0.4) is 0 Å². The summed E-state index contributed by atoms with van der Waals surface area (Å²) in [6.45, 7) is 6.12. The molecule has 16 nitrogen and oxygen atoms in total. The van der Waals surface area contributed by atoms with Gasteiger partial charge in [-0.05, 0) is 160 Å². The Kier molecular flexibility index (Phi) is 22.8. The van der Waals surface area contributed by atoms with Crippen LogP contribution in [0.4, 0.5) is 46.9 Å². The van der Waals surface area contributed by atoms with Crippen LogP contribution >= 0.6 is 0 Å². The number of nitrogens with one attached hydrogen (secondary N) is 1. The number of nitrogens with zero attached hydrogens (tertiary/aromatic N) is 7. The van der Waals surface area contributed by atoms with E-state index in [1.165, 1.54) is 29.8 Å². The Hall–Kier alpha value is -8.38. The van der Waals surface area contributed by atoms with Crippen LogP contribution in [0.25, 0.3) is 11.1 Å². The summed E-state index contributed by atoms with van der Waals surface area (Å²) in [5, 5.41) is 2.94. The van der Waals surface area contributed by atoms with Crippen LogP contribution in [0.1, 0.15) is 118 Å². The highest BCUT2D eigenvalue weighted by atomic mass is 19.4. The Balaban J connectivity index is 0.579. The van der Waals surface area contributed by atoms with Gasteiger partial charge in [0, 0.05) is 114 Å². The lowest BCUT2D eigenvalue weighted by molar-refractivity contribution is -0.143. The number of carbonyl (C=O) groups excluding carboxylic acids is 5. The van der Waals surface area contributed by atoms with Crippen molar-refractivity contribution in [1.29, 1.82) is 0 Å². The van der Waals surface area contributed by atoms with Crippen molar-refractivity contribution in [3.8, 4) is 11.1 Å². The summed E-state index contributed by atoms with van der Waals surface area (Å²) in [5.41, 5.74) is 2.52. The van der Waals surface area contributed by atoms with Crippen LogP contribution in [-0.2, 0) is 60.0 Å². The molecule has 2 atom stereocenters. The minimum Gasteiger partial charge on any atom is -0.446 e. The zero-order chi connectivity index (χ0) is 70.1. The number of likely N-dealkylation sites (N-methyl/N-ethyl adjacent to an activating group) is 2. The third kappa shape index (κ3) is 17.4. The van der Waals surface area contributed by atoms with Crippen molar-refractivity contribution in [3.05, 3.63) is 190 Å². The van der Waals surface area contributed by atoms with Gasteiger partial charge in [-0.1, -0.05) is 91.3 Å². The standard InChI is InChI=1S/C76H87F7N8O8/c1-85(34-13-5-8-21-68(92)87(3)43-44-88-37-29-62(30-38-88)99-72(96)84-66-20-12-10-18-63(66)53-15-6-4-7-16-53)61-26-27-64-54(47-61)28-39-90(71(64)95)36-14-35-86(2)69(93)50-97-67-48-55-17-9-11-19-65(55)73(67)31-40-89(41-32-73)42-33-74(57-22-24-60(77)25-23-57)51-91(52-98-74)70(94)56-45-58(75(78,79)80)49-59(46-56)76(81,82)83/h4,6-7,9-12,15-20,22-27,45-47,49,62,67H,5,8,13-14,21,28-44,48,50-52H2,1-3H3,(H,84,96)/t67-,74+/m0/s1. The van der Waals surface area contributed by atoms with E-state index in [-0.39, 0.29) is 55.6 Å². The molecular weight excluding hydrogens is 1290 g/mol. The van der Waals surface area contributed by atoms with Gasteiger partial charge in [0.25, 0.3) is 11.8 Å². The summed E-state index contributed by atoms with van der Waals surface area (Å²) >= 11 is 0. The number of piperidine rings is 2. The van der Waals surface area contributed by atoms with Crippen molar-refractivity contribution in [2.75, 3.05) is 123 Å². The molecule has 5 amide bonds. The summed E-state index contributed by atoms with van der Waals surface area (Å²) in [4.78, 5) is 80.5. The van der Waals surface area contributed by atoms with Crippen molar-refractivity contribution >= 4 is 41.1 Å². The molecule has 6 aromatic carbocycles. The summed E-state index contributed by atoms with van der Waals surface area (Å²) in [7, 11) is 5.65. The van der Waals surface area contributed by atoms with E-state index in [4.69, 9.17) is 14.2 Å². The van der Waals surface area contributed by atoms with E-state index in [1.54, 1.807) is 11.9 Å². The average Bonchev–Trinajstić information content (AvgIpc) is 1.61. The molecule has 0 radical (unpaired) electrons. The third-order valence-electron chi connectivity index (χ3n) is 20.7. The molecule has 528 valence electrons. The van der Waals surface area contributed by atoms with E-state index in [0.717, 1.165) is 91.1 Å². The molecule has 11 rings (SSSR count). The highest BCUT2D eigenvalue weighted by molar-refractivity contribution is 5.97. The Morgan fingerprint density at radius 2 is 1.33 bits per heavy atom. The highest BCUT2D eigenvalue weighted by Crippen LogP contribution is 2.49. The molecule has 3 fully saturated rings. The number of hydrogen-bond acceptors (Lipinski definition) is 11. The van der Waals surface area contributed by atoms with E-state index >= 15 is 0 Å². The molecule has 4 aliphatic heterocycles. The molecule has 1 N–H and O–H groups in total. The van der Waals surface area contributed by atoms with Gasteiger partial charge >= 0.3 is 18.4 Å². The van der Waals surface area contributed by atoms with E-state index in [1.807, 2.05) is 103 Å². The predicted molar refractivity (Wildman–Crippen MR) is 362 cm³/mol. The molecule has 5 aliphatic rings. The molecule has 0 aromatic heterocycles. The summed E-state index contributed by atoms with van der Waals surface area (Å²) in [6.07, 6.45) is -3.15. The normalized spacial score (nSPS) is 18.8. The van der Waals surface area contributed by atoms with Crippen LogP contribution in [0.15, 0.2) is 140 Å². The molecule has 4 heterocycles. The Labute approximate surface area is 573 Å². The SMILES string of the molecule is CN(CCN1CCC(OC(=O)Nc2ccccc2-c2ccccc2)CC1)C(=O)CCCCCN(C)c1ccc2c(c1)CCN(CCCN(C)C(=O)CO[C@H]1Cc3ccccc3C13CCN(CC[C@]1(c4ccc(F)cc4)CN(C(=O)c4cc(C(F)(F)F)cc(C(F)(F)F)c4)CO1)CC3)C2=O. The second kappa shape index (κ2) is 31.4. The number of likely N-dealkylation sites (tertiary alicyclic amines) is 2. The second-order valence-corrected chi connectivity index (χ2v) is 27.1. The van der Waals surface area contributed by atoms with Crippen molar-refractivity contribution in [2.24, 2.45) is 0 Å². The first kappa shape index (κ1) is 71.9. The smallest absolute Gasteiger partial charge is 0.416 e. The van der Waals surface area contributed by atoms with Crippen LogP contribution < -0.4 is 10.2 Å². The quantitative estimate of drug-likeness (QED) is 0.0431. The van der Waals surface area contributed by atoms with Crippen molar-refractivity contribution < 1.29 is 68.9 Å². The largest absolute Gasteiger partial charge is 0.446 e. The fraction of sp³-hybridized carbons (Fsp3) is 0.461. The zero-order valence-electron chi connectivity index (χ0n) is 56.4. The van der Waals surface area contributed by atoms with E-state index in [9.17, 15) is 54.7 Å². The Bertz CT molecular complexity index is 3770. The lowest BCUT2D eigenvalue weighted by atomic mass is 9.72. The fourth-order valence-corrected chi connectivity index (χ4v) is 14.7. The summed E-state index contributed by atoms with van der Waals surface area (Å²) in [6, 6.07) is 38.0. The van der Waals surface area contributed by atoms with Crippen LogP contribution in [0.2, 0.25) is 0 Å². The number of para-hydroxylation sites is 1. The summed E-state index contributed by atoms with van der Waals surface area (Å²) < 4.78 is 116. The number of fused-ring (bicyclic) bond motifs is 3. The number of rotatable bonds is 25. The van der Waals surface area contributed by atoms with E-state index in [2.05, 4.69) is 38.2 Å². The zero-order valence-corrected chi connectivity index (χ0v) is 56.4. The molecule has 0 unspecified atom stereocenters. The van der Waals surface area contributed by atoms with Crippen molar-refractivity contribution in [1.82, 2.24) is 29.4 Å². The number of benzene rings is 6. The number of carbonyl (C=O) groups is 5. The van der Waals surface area contributed by atoms with Gasteiger partial charge in [-0.25, -0.2) is 9.18 Å². The Morgan fingerprint density at radius 3 is 2.06 bits per heavy atom. The Morgan fingerprint density at radius 1 is 0.657 bits per heavy atom. The monoisotopic (exact) mass is 1370 g/mol.